The number of aryl methyl sites for hydroxylation is 1. The minimum absolute atomic E-state index is 0.000209. The van der Waals surface area contributed by atoms with Crippen molar-refractivity contribution in [3.63, 3.8) is 0 Å². The molecule has 0 saturated carbocycles. The van der Waals surface area contributed by atoms with Crippen LogP contribution in [0.3, 0.4) is 0 Å². The molecule has 0 fully saturated rings. The number of aromatic amines is 1. The van der Waals surface area contributed by atoms with Crippen LogP contribution >= 0.6 is 0 Å². The third-order valence-electron chi connectivity index (χ3n) is 13.6. The Balaban J connectivity index is 1.20. The quantitative estimate of drug-likeness (QED) is 0.0220. The molecule has 0 saturated heterocycles. The molecule has 0 radical (unpaired) electrons. The summed E-state index contributed by atoms with van der Waals surface area (Å²) in [6.45, 7) is 14.1. The first-order valence-corrected chi connectivity index (χ1v) is 25.8. The Morgan fingerprint density at radius 3 is 2.41 bits per heavy atom. The molecule has 16 nitrogen and oxygen atoms in total. The lowest BCUT2D eigenvalue weighted by molar-refractivity contribution is -0.120. The first kappa shape index (κ1) is 56.9. The Kier molecular flexibility index (Phi) is 21.4. The number of anilines is 2. The van der Waals surface area contributed by atoms with Crippen molar-refractivity contribution >= 4 is 58.4 Å². The van der Waals surface area contributed by atoms with Crippen LogP contribution in [0.5, 0.6) is 0 Å². The average molecular weight is 1020 g/mol. The maximum Gasteiger partial charge on any atom is 0.421 e. The molecule has 2 unspecified atom stereocenters. The number of nitrogens with one attached hydrogen (secondary N) is 3. The summed E-state index contributed by atoms with van der Waals surface area (Å²) < 4.78 is 37.3. The maximum absolute atomic E-state index is 15.0. The first-order chi connectivity index (χ1) is 35.7. The molecule has 4 aromatic rings. The number of hydrogen-bond acceptors (Lipinski definition) is 12. The molecule has 2 aliphatic rings. The fourth-order valence-electron chi connectivity index (χ4n) is 9.55. The molecule has 6 rings (SSSR count). The lowest BCUT2D eigenvalue weighted by atomic mass is 9.93. The van der Waals surface area contributed by atoms with Gasteiger partial charge in [-0.15, -0.1) is 0 Å². The highest BCUT2D eigenvalue weighted by Crippen LogP contribution is 2.48. The highest BCUT2D eigenvalue weighted by Gasteiger charge is 2.40. The lowest BCUT2D eigenvalue weighted by Gasteiger charge is -2.19. The van der Waals surface area contributed by atoms with Crippen LogP contribution in [0, 0.1) is 19.7 Å². The Hall–Kier alpha value is -6.37. The van der Waals surface area contributed by atoms with E-state index in [-0.39, 0.29) is 78.8 Å². The minimum Gasteiger partial charge on any atom is -0.448 e. The van der Waals surface area contributed by atoms with E-state index in [1.165, 1.54) is 18.2 Å². The van der Waals surface area contributed by atoms with E-state index in [1.54, 1.807) is 45.2 Å². The summed E-state index contributed by atoms with van der Waals surface area (Å²) in [4.78, 5) is 88.1. The maximum atomic E-state index is 15.0. The molecule has 4 N–H and O–H groups in total. The van der Waals surface area contributed by atoms with Crippen molar-refractivity contribution in [2.75, 3.05) is 83.1 Å². The molecule has 1 aromatic heterocycles. The highest BCUT2D eigenvalue weighted by atomic mass is 19.1. The Bertz CT molecular complexity index is 2680. The van der Waals surface area contributed by atoms with E-state index in [4.69, 9.17) is 18.9 Å². The number of ketones is 2. The van der Waals surface area contributed by atoms with E-state index in [1.807, 2.05) is 19.1 Å². The van der Waals surface area contributed by atoms with Gasteiger partial charge in [0.25, 0.3) is 11.8 Å². The van der Waals surface area contributed by atoms with E-state index in [9.17, 15) is 38.3 Å². The molecule has 4 amide bonds. The number of aromatic nitrogens is 1. The van der Waals surface area contributed by atoms with Crippen LogP contribution in [0.25, 0.3) is 22.8 Å². The summed E-state index contributed by atoms with van der Waals surface area (Å²) in [6, 6.07) is 14.4. The van der Waals surface area contributed by atoms with Crippen LogP contribution in [0.2, 0.25) is 0 Å². The minimum atomic E-state index is -1.01. The van der Waals surface area contributed by atoms with Gasteiger partial charge in [0.15, 0.2) is 5.78 Å². The SMILES string of the molecule is CCN(CC)CCNC(=O)c1c(C)[nH]c(C=C2C(=O)N(C(=O)OCC3c4cc(NC(=O)CCCC(=O)CCCOCCCOC)ccc4-c4c(C(=O)CCCOC(C)CCO)cccc43)c3ccc(F)cc32)c1C. The number of aliphatic hydroxyl groups excluding tert-OH is 1. The number of amides is 4. The van der Waals surface area contributed by atoms with Gasteiger partial charge >= 0.3 is 6.09 Å². The van der Waals surface area contributed by atoms with Gasteiger partial charge in [-0.1, -0.05) is 38.1 Å². The number of ether oxygens (including phenoxy) is 4. The molecule has 2 heterocycles. The third kappa shape index (κ3) is 14.5. The zero-order chi connectivity index (χ0) is 53.3. The van der Waals surface area contributed by atoms with Gasteiger partial charge in [-0.3, -0.25) is 24.0 Å². The summed E-state index contributed by atoms with van der Waals surface area (Å²) in [7, 11) is 1.63. The number of benzene rings is 3. The van der Waals surface area contributed by atoms with Crippen LogP contribution in [0.4, 0.5) is 20.6 Å². The molecule has 398 valence electrons. The van der Waals surface area contributed by atoms with Crippen LogP contribution < -0.4 is 15.5 Å². The third-order valence-corrected chi connectivity index (χ3v) is 13.6. The number of likely N-dealkylation sites (N-methyl/N-ethyl adjacent to an activating group) is 1. The number of rotatable bonds is 30. The van der Waals surface area contributed by atoms with E-state index in [2.05, 4.69) is 34.4 Å². The second-order valence-electron chi connectivity index (χ2n) is 18.7. The molecule has 0 bridgehead atoms. The van der Waals surface area contributed by atoms with Gasteiger partial charge in [0.1, 0.15) is 18.2 Å². The number of aliphatic hydroxyl groups is 1. The normalized spacial score (nSPS) is 14.6. The number of halogens is 1. The standard InChI is InChI=1S/C57H72FN5O11/c1-7-62(8-2)26-25-59-55(68)53-37(4)49(60-38(53)5)34-47-46-32-39(58)20-23-50(46)63(56(47)69)57(70)74-35-48-42-16-10-17-44(51(66)18-12-31-73-36(3)24-27-64)54(42)43-22-21-40(33-45(43)48)61-52(67)19-9-14-41(65)15-11-29-72-30-13-28-71-6/h10,16-17,20-23,32-34,36,48,60,64H,7-9,11-15,18-19,24-31,35H2,1-6H3,(H,59,68)(H,61,67). The van der Waals surface area contributed by atoms with Gasteiger partial charge in [0.2, 0.25) is 5.91 Å². The smallest absolute Gasteiger partial charge is 0.421 e. The van der Waals surface area contributed by atoms with E-state index in [0.717, 1.165) is 30.5 Å². The zero-order valence-corrected chi connectivity index (χ0v) is 43.7. The zero-order valence-electron chi connectivity index (χ0n) is 43.7. The summed E-state index contributed by atoms with van der Waals surface area (Å²) in [5, 5.41) is 15.2. The van der Waals surface area contributed by atoms with E-state index >= 15 is 0 Å². The van der Waals surface area contributed by atoms with Gasteiger partial charge < -0.3 is 44.6 Å². The largest absolute Gasteiger partial charge is 0.448 e. The number of carbonyl (C=O) groups excluding carboxylic acids is 6. The first-order valence-electron chi connectivity index (χ1n) is 25.8. The van der Waals surface area contributed by atoms with Crippen molar-refractivity contribution in [3.8, 4) is 11.1 Å². The number of fused-ring (bicyclic) bond motifs is 4. The van der Waals surface area contributed by atoms with Crippen molar-refractivity contribution in [2.24, 2.45) is 0 Å². The Morgan fingerprint density at radius 1 is 0.892 bits per heavy atom. The van der Waals surface area contributed by atoms with Crippen LogP contribution in [-0.4, -0.2) is 129 Å². The van der Waals surface area contributed by atoms with Crippen molar-refractivity contribution in [1.29, 1.82) is 0 Å². The van der Waals surface area contributed by atoms with Crippen LogP contribution in [-0.2, 0) is 33.3 Å². The number of H-pyrrole nitrogens is 1. The summed E-state index contributed by atoms with van der Waals surface area (Å²) in [6.07, 6.45) is 3.98. The van der Waals surface area contributed by atoms with Crippen LogP contribution in [0.1, 0.15) is 139 Å². The number of Topliss-reactive ketones (excluding diaryl/α,β-unsaturated/α-hetero) is 2. The summed E-state index contributed by atoms with van der Waals surface area (Å²) in [5.74, 6) is -2.64. The average Bonchev–Trinajstić information content (AvgIpc) is 3.96. The Morgan fingerprint density at radius 2 is 1.65 bits per heavy atom. The van der Waals surface area contributed by atoms with Crippen molar-refractivity contribution in [1.82, 2.24) is 15.2 Å². The predicted molar refractivity (Wildman–Crippen MR) is 282 cm³/mol. The Labute approximate surface area is 433 Å². The van der Waals surface area contributed by atoms with Crippen molar-refractivity contribution in [2.45, 2.75) is 104 Å². The van der Waals surface area contributed by atoms with Crippen LogP contribution in [0.15, 0.2) is 54.6 Å². The number of nitrogens with zero attached hydrogens (tertiary/aromatic N) is 2. The number of methoxy groups -OCH3 is 1. The fraction of sp³-hybridized carbons (Fsp3) is 0.474. The molecule has 1 aliphatic carbocycles. The molecule has 0 spiro atoms. The van der Waals surface area contributed by atoms with Crippen molar-refractivity contribution < 1.29 is 57.2 Å². The number of carbonyl (C=O) groups is 6. The molecule has 17 heteroatoms. The van der Waals surface area contributed by atoms with Gasteiger partial charge in [0.05, 0.1) is 22.9 Å². The second kappa shape index (κ2) is 27.8. The molecule has 3 aromatic carbocycles. The summed E-state index contributed by atoms with van der Waals surface area (Å²) in [5.41, 5.74) is 6.01. The molecule has 1 aliphatic heterocycles. The lowest BCUT2D eigenvalue weighted by Crippen LogP contribution is -2.35. The van der Waals surface area contributed by atoms with Gasteiger partial charge in [-0.25, -0.2) is 14.1 Å². The highest BCUT2D eigenvalue weighted by molar-refractivity contribution is 6.41. The van der Waals surface area contributed by atoms with E-state index < -0.39 is 23.7 Å². The fourth-order valence-corrected chi connectivity index (χ4v) is 9.55. The topological polar surface area (TPSA) is 206 Å². The van der Waals surface area contributed by atoms with E-state index in [0.29, 0.717) is 128 Å². The molecular formula is C57H72FN5O11. The molecular weight excluding hydrogens is 950 g/mol. The predicted octanol–water partition coefficient (Wildman–Crippen LogP) is 8.94. The molecule has 2 atom stereocenters. The number of imide groups is 1. The second-order valence-corrected chi connectivity index (χ2v) is 18.7. The van der Waals surface area contributed by atoms with Gasteiger partial charge in [0, 0.05) is 113 Å². The van der Waals surface area contributed by atoms with Gasteiger partial charge in [-0.2, -0.15) is 0 Å². The number of hydrogen-bond donors (Lipinski definition) is 4. The summed E-state index contributed by atoms with van der Waals surface area (Å²) >= 11 is 0. The monoisotopic (exact) mass is 1020 g/mol. The molecule has 74 heavy (non-hydrogen) atoms. The van der Waals surface area contributed by atoms with Gasteiger partial charge in [-0.05, 0) is 130 Å². The van der Waals surface area contributed by atoms with Crippen molar-refractivity contribution in [3.05, 3.63) is 105 Å².